The van der Waals surface area contributed by atoms with Crippen LogP contribution >= 0.6 is 0 Å². The van der Waals surface area contributed by atoms with Crippen LogP contribution in [0.5, 0.6) is 0 Å². The van der Waals surface area contributed by atoms with Gasteiger partial charge in [-0.05, 0) is 5.56 Å². The van der Waals surface area contributed by atoms with E-state index in [1.54, 1.807) is 7.05 Å². The monoisotopic (exact) mass is 266 g/mol. The third-order valence-corrected chi connectivity index (χ3v) is 2.61. The number of hydrogen-bond donors (Lipinski definition) is 3. The summed E-state index contributed by atoms with van der Waals surface area (Å²) in [6.07, 6.45) is -0.151. The minimum absolute atomic E-state index is 0.0117. The van der Waals surface area contributed by atoms with Crippen molar-refractivity contribution in [1.82, 2.24) is 10.6 Å². The van der Waals surface area contributed by atoms with Gasteiger partial charge >= 0.3 is 0 Å². The van der Waals surface area contributed by atoms with E-state index in [0.29, 0.717) is 26.1 Å². The number of ether oxygens (including phenoxy) is 1. The summed E-state index contributed by atoms with van der Waals surface area (Å²) in [5.41, 5.74) is 1.09. The number of carbonyl (C=O) groups excluding carboxylic acids is 1. The number of benzene rings is 1. The fourth-order valence-corrected chi connectivity index (χ4v) is 1.54. The van der Waals surface area contributed by atoms with Crippen LogP contribution in [-0.4, -0.2) is 43.9 Å². The first-order valence-electron chi connectivity index (χ1n) is 6.43. The smallest absolute Gasteiger partial charge is 0.221 e. The Morgan fingerprint density at radius 2 is 2.11 bits per heavy atom. The van der Waals surface area contributed by atoms with E-state index < -0.39 is 6.10 Å². The molecular formula is C14H22N2O3. The highest BCUT2D eigenvalue weighted by Crippen LogP contribution is 2.00. The van der Waals surface area contributed by atoms with E-state index >= 15 is 0 Å². The van der Waals surface area contributed by atoms with Gasteiger partial charge in [0.25, 0.3) is 0 Å². The molecule has 1 rings (SSSR count). The van der Waals surface area contributed by atoms with Gasteiger partial charge in [-0.25, -0.2) is 0 Å². The number of nitrogens with one attached hydrogen (secondary N) is 2. The molecule has 0 saturated heterocycles. The Kier molecular flexibility index (Phi) is 7.81. The lowest BCUT2D eigenvalue weighted by Gasteiger charge is -2.12. The van der Waals surface area contributed by atoms with Gasteiger partial charge < -0.3 is 20.5 Å². The van der Waals surface area contributed by atoms with E-state index in [-0.39, 0.29) is 12.5 Å². The third kappa shape index (κ3) is 7.56. The van der Waals surface area contributed by atoms with Gasteiger partial charge in [0.15, 0.2) is 0 Å². The van der Waals surface area contributed by atoms with Crippen LogP contribution in [0.1, 0.15) is 12.0 Å². The lowest BCUT2D eigenvalue weighted by molar-refractivity contribution is -0.120. The molecule has 0 fully saturated rings. The second kappa shape index (κ2) is 9.49. The highest BCUT2D eigenvalue weighted by molar-refractivity contribution is 5.75. The number of carbonyl (C=O) groups is 1. The minimum atomic E-state index is -0.562. The SMILES string of the molecule is CNC(=O)CCNCC(O)COCc1ccccc1. The van der Waals surface area contributed by atoms with Crippen molar-refractivity contribution < 1.29 is 14.6 Å². The molecule has 0 bridgehead atoms. The molecule has 3 N–H and O–H groups in total. The van der Waals surface area contributed by atoms with Crippen LogP contribution in [0.3, 0.4) is 0 Å². The fraction of sp³-hybridized carbons (Fsp3) is 0.500. The second-order valence-corrected chi connectivity index (χ2v) is 4.28. The average Bonchev–Trinajstić information content (AvgIpc) is 2.44. The fourth-order valence-electron chi connectivity index (χ4n) is 1.54. The number of hydrogen-bond acceptors (Lipinski definition) is 4. The Balaban J connectivity index is 2.02. The van der Waals surface area contributed by atoms with Gasteiger partial charge in [-0.3, -0.25) is 4.79 Å². The van der Waals surface area contributed by atoms with E-state index in [4.69, 9.17) is 4.74 Å². The first kappa shape index (κ1) is 15.6. The van der Waals surface area contributed by atoms with Gasteiger partial charge in [0, 0.05) is 26.6 Å². The van der Waals surface area contributed by atoms with E-state index in [2.05, 4.69) is 10.6 Å². The summed E-state index contributed by atoms with van der Waals surface area (Å²) in [5, 5.41) is 15.2. The molecule has 5 heteroatoms. The molecular weight excluding hydrogens is 244 g/mol. The Morgan fingerprint density at radius 1 is 1.37 bits per heavy atom. The molecule has 0 aromatic heterocycles. The van der Waals surface area contributed by atoms with Crippen LogP contribution in [0.25, 0.3) is 0 Å². The summed E-state index contributed by atoms with van der Waals surface area (Å²) in [6.45, 7) is 1.75. The molecule has 0 aliphatic heterocycles. The number of rotatable bonds is 9. The van der Waals surface area contributed by atoms with E-state index in [1.807, 2.05) is 30.3 Å². The Bertz CT molecular complexity index is 357. The highest BCUT2D eigenvalue weighted by atomic mass is 16.5. The summed E-state index contributed by atoms with van der Waals surface area (Å²) in [6, 6.07) is 9.82. The van der Waals surface area contributed by atoms with Crippen LogP contribution in [0.2, 0.25) is 0 Å². The van der Waals surface area contributed by atoms with Crippen molar-refractivity contribution in [1.29, 1.82) is 0 Å². The van der Waals surface area contributed by atoms with Crippen molar-refractivity contribution in [2.45, 2.75) is 19.1 Å². The normalized spacial score (nSPS) is 12.1. The minimum Gasteiger partial charge on any atom is -0.389 e. The van der Waals surface area contributed by atoms with Crippen molar-refractivity contribution in [2.75, 3.05) is 26.7 Å². The van der Waals surface area contributed by atoms with Gasteiger partial charge in [0.2, 0.25) is 5.91 Å². The Hall–Kier alpha value is -1.43. The molecule has 1 amide bonds. The van der Waals surface area contributed by atoms with Crippen molar-refractivity contribution in [3.63, 3.8) is 0 Å². The summed E-state index contributed by atoms with van der Waals surface area (Å²) in [5.74, 6) is -0.0117. The summed E-state index contributed by atoms with van der Waals surface area (Å²) in [4.78, 5) is 10.9. The first-order valence-corrected chi connectivity index (χ1v) is 6.43. The van der Waals surface area contributed by atoms with Crippen LogP contribution in [-0.2, 0) is 16.1 Å². The van der Waals surface area contributed by atoms with Crippen molar-refractivity contribution in [3.8, 4) is 0 Å². The summed E-state index contributed by atoms with van der Waals surface area (Å²) < 4.78 is 5.41. The standard InChI is InChI=1S/C14H22N2O3/c1-15-14(18)7-8-16-9-13(17)11-19-10-12-5-3-2-4-6-12/h2-6,13,16-17H,7-11H2,1H3,(H,15,18). The van der Waals surface area contributed by atoms with Crippen LogP contribution in [0.4, 0.5) is 0 Å². The quantitative estimate of drug-likeness (QED) is 0.562. The zero-order valence-corrected chi connectivity index (χ0v) is 11.3. The van der Waals surface area contributed by atoms with Crippen LogP contribution in [0, 0.1) is 0 Å². The molecule has 0 heterocycles. The molecule has 0 aliphatic rings. The first-order chi connectivity index (χ1) is 9.22. The van der Waals surface area contributed by atoms with Crippen LogP contribution < -0.4 is 10.6 Å². The maximum absolute atomic E-state index is 10.9. The van der Waals surface area contributed by atoms with E-state index in [0.717, 1.165) is 5.56 Å². The zero-order chi connectivity index (χ0) is 13.9. The Morgan fingerprint density at radius 3 is 2.79 bits per heavy atom. The number of aliphatic hydroxyl groups is 1. The third-order valence-electron chi connectivity index (χ3n) is 2.61. The van der Waals surface area contributed by atoms with Gasteiger partial charge in [0.1, 0.15) is 0 Å². The van der Waals surface area contributed by atoms with Crippen LogP contribution in [0.15, 0.2) is 30.3 Å². The molecule has 0 aliphatic carbocycles. The van der Waals surface area contributed by atoms with Crippen molar-refractivity contribution in [3.05, 3.63) is 35.9 Å². The summed E-state index contributed by atoms with van der Waals surface area (Å²) in [7, 11) is 1.61. The molecule has 106 valence electrons. The molecule has 0 spiro atoms. The van der Waals surface area contributed by atoms with Gasteiger partial charge in [-0.15, -0.1) is 0 Å². The second-order valence-electron chi connectivity index (χ2n) is 4.28. The molecule has 1 aromatic rings. The lowest BCUT2D eigenvalue weighted by Crippen LogP contribution is -2.33. The van der Waals surface area contributed by atoms with E-state index in [1.165, 1.54) is 0 Å². The average molecular weight is 266 g/mol. The van der Waals surface area contributed by atoms with E-state index in [9.17, 15) is 9.90 Å². The predicted octanol–water partition coefficient (Wildman–Crippen LogP) is 0.290. The molecule has 0 radical (unpaired) electrons. The predicted molar refractivity (Wildman–Crippen MR) is 73.7 cm³/mol. The molecule has 1 unspecified atom stereocenters. The van der Waals surface area contributed by atoms with Gasteiger partial charge in [-0.2, -0.15) is 0 Å². The number of amides is 1. The molecule has 1 atom stereocenters. The van der Waals surface area contributed by atoms with Gasteiger partial charge in [-0.1, -0.05) is 30.3 Å². The largest absolute Gasteiger partial charge is 0.389 e. The molecule has 0 saturated carbocycles. The highest BCUT2D eigenvalue weighted by Gasteiger charge is 2.04. The summed E-state index contributed by atoms with van der Waals surface area (Å²) >= 11 is 0. The van der Waals surface area contributed by atoms with Gasteiger partial charge in [0.05, 0.1) is 19.3 Å². The maximum Gasteiger partial charge on any atom is 0.221 e. The number of aliphatic hydroxyl groups excluding tert-OH is 1. The molecule has 1 aromatic carbocycles. The molecule has 5 nitrogen and oxygen atoms in total. The van der Waals surface area contributed by atoms with Crippen molar-refractivity contribution in [2.24, 2.45) is 0 Å². The maximum atomic E-state index is 10.9. The molecule has 19 heavy (non-hydrogen) atoms. The zero-order valence-electron chi connectivity index (χ0n) is 11.3. The van der Waals surface area contributed by atoms with Crippen molar-refractivity contribution >= 4 is 5.91 Å². The topological polar surface area (TPSA) is 70.6 Å². The lowest BCUT2D eigenvalue weighted by atomic mass is 10.2. The Labute approximate surface area is 114 Å².